The average molecular weight is 284 g/mol. The van der Waals surface area contributed by atoms with Gasteiger partial charge in [-0.25, -0.2) is 0 Å². The SMILES string of the molecule is C[C@@H](N)c1ccc2ccccc2c1OC1CCN(C)C1=O. The van der Waals surface area contributed by atoms with Crippen LogP contribution in [0, 0.1) is 0 Å². The van der Waals surface area contributed by atoms with E-state index in [0.29, 0.717) is 0 Å². The van der Waals surface area contributed by atoms with E-state index in [4.69, 9.17) is 10.5 Å². The number of rotatable bonds is 3. The largest absolute Gasteiger partial charge is 0.480 e. The van der Waals surface area contributed by atoms with Crippen LogP contribution in [0.2, 0.25) is 0 Å². The second-order valence-corrected chi connectivity index (χ2v) is 5.65. The summed E-state index contributed by atoms with van der Waals surface area (Å²) in [6.45, 7) is 2.67. The van der Waals surface area contributed by atoms with Crippen molar-refractivity contribution in [1.82, 2.24) is 4.90 Å². The minimum atomic E-state index is -0.404. The van der Waals surface area contributed by atoms with Gasteiger partial charge in [0.2, 0.25) is 0 Å². The molecule has 1 amide bonds. The van der Waals surface area contributed by atoms with Crippen molar-refractivity contribution in [2.75, 3.05) is 13.6 Å². The molecule has 2 atom stereocenters. The quantitative estimate of drug-likeness (QED) is 0.942. The number of nitrogens with zero attached hydrogens (tertiary/aromatic N) is 1. The Bertz CT molecular complexity index is 682. The molecule has 4 nitrogen and oxygen atoms in total. The fraction of sp³-hybridized carbons (Fsp3) is 0.353. The Labute approximate surface area is 124 Å². The van der Waals surface area contributed by atoms with Gasteiger partial charge in [0.05, 0.1) is 0 Å². The van der Waals surface area contributed by atoms with Crippen LogP contribution in [-0.2, 0) is 4.79 Å². The number of likely N-dealkylation sites (tertiary alicyclic amines) is 1. The van der Waals surface area contributed by atoms with Gasteiger partial charge >= 0.3 is 0 Å². The van der Waals surface area contributed by atoms with E-state index in [2.05, 4.69) is 0 Å². The molecule has 0 aromatic heterocycles. The molecule has 1 fully saturated rings. The molecule has 0 spiro atoms. The van der Waals surface area contributed by atoms with Crippen LogP contribution in [0.5, 0.6) is 5.75 Å². The zero-order valence-corrected chi connectivity index (χ0v) is 12.4. The smallest absolute Gasteiger partial charge is 0.263 e. The Balaban J connectivity index is 2.06. The Morgan fingerprint density at radius 2 is 2.05 bits per heavy atom. The number of nitrogens with two attached hydrogens (primary N) is 1. The maximum atomic E-state index is 12.1. The number of hydrogen-bond acceptors (Lipinski definition) is 3. The third-order valence-corrected chi connectivity index (χ3v) is 4.04. The summed E-state index contributed by atoms with van der Waals surface area (Å²) in [5, 5.41) is 2.10. The Morgan fingerprint density at radius 1 is 1.29 bits per heavy atom. The molecule has 1 aliphatic heterocycles. The van der Waals surface area contributed by atoms with Crippen LogP contribution < -0.4 is 10.5 Å². The van der Waals surface area contributed by atoms with E-state index in [0.717, 1.165) is 35.1 Å². The molecule has 4 heteroatoms. The molecule has 3 rings (SSSR count). The summed E-state index contributed by atoms with van der Waals surface area (Å²) in [4.78, 5) is 13.8. The molecule has 1 unspecified atom stereocenters. The number of carbonyl (C=O) groups is 1. The van der Waals surface area contributed by atoms with Crippen LogP contribution in [0.4, 0.5) is 0 Å². The van der Waals surface area contributed by atoms with E-state index in [1.807, 2.05) is 43.3 Å². The van der Waals surface area contributed by atoms with Crippen LogP contribution in [0.25, 0.3) is 10.8 Å². The van der Waals surface area contributed by atoms with Gasteiger partial charge in [-0.1, -0.05) is 36.4 Å². The lowest BCUT2D eigenvalue weighted by atomic mass is 10.0. The number of fused-ring (bicyclic) bond motifs is 1. The highest BCUT2D eigenvalue weighted by Gasteiger charge is 2.32. The minimum absolute atomic E-state index is 0.0403. The van der Waals surface area contributed by atoms with E-state index in [1.54, 1.807) is 11.9 Å². The lowest BCUT2D eigenvalue weighted by molar-refractivity contribution is -0.132. The van der Waals surface area contributed by atoms with Gasteiger partial charge in [-0.2, -0.15) is 0 Å². The zero-order chi connectivity index (χ0) is 15.0. The first kappa shape index (κ1) is 13.9. The maximum absolute atomic E-state index is 12.1. The molecule has 1 aliphatic rings. The lowest BCUT2D eigenvalue weighted by Gasteiger charge is -2.20. The zero-order valence-electron chi connectivity index (χ0n) is 12.4. The van der Waals surface area contributed by atoms with Crippen LogP contribution >= 0.6 is 0 Å². The molecule has 0 bridgehead atoms. The highest BCUT2D eigenvalue weighted by atomic mass is 16.5. The van der Waals surface area contributed by atoms with Crippen molar-refractivity contribution in [2.45, 2.75) is 25.5 Å². The van der Waals surface area contributed by atoms with E-state index in [9.17, 15) is 4.79 Å². The summed E-state index contributed by atoms with van der Waals surface area (Å²) in [6, 6.07) is 11.9. The molecule has 2 aromatic rings. The fourth-order valence-corrected chi connectivity index (χ4v) is 2.79. The third-order valence-electron chi connectivity index (χ3n) is 4.04. The molecule has 2 N–H and O–H groups in total. The summed E-state index contributed by atoms with van der Waals surface area (Å²) >= 11 is 0. The van der Waals surface area contributed by atoms with Crippen LogP contribution in [0.1, 0.15) is 24.9 Å². The molecular weight excluding hydrogens is 264 g/mol. The molecule has 1 saturated heterocycles. The van der Waals surface area contributed by atoms with Crippen molar-refractivity contribution < 1.29 is 9.53 Å². The minimum Gasteiger partial charge on any atom is -0.480 e. The molecule has 0 radical (unpaired) electrons. The van der Waals surface area contributed by atoms with Gasteiger partial charge in [-0.15, -0.1) is 0 Å². The first-order chi connectivity index (χ1) is 10.1. The van der Waals surface area contributed by atoms with Crippen molar-refractivity contribution in [3.8, 4) is 5.75 Å². The summed E-state index contributed by atoms with van der Waals surface area (Å²) < 4.78 is 6.09. The average Bonchev–Trinajstić information content (AvgIpc) is 2.79. The van der Waals surface area contributed by atoms with Crippen molar-refractivity contribution in [3.05, 3.63) is 42.0 Å². The monoisotopic (exact) mass is 284 g/mol. The number of ether oxygens (including phenoxy) is 1. The van der Waals surface area contributed by atoms with E-state index >= 15 is 0 Å². The summed E-state index contributed by atoms with van der Waals surface area (Å²) in [5.74, 6) is 0.787. The van der Waals surface area contributed by atoms with Crippen molar-refractivity contribution in [1.29, 1.82) is 0 Å². The predicted molar refractivity (Wildman–Crippen MR) is 83.2 cm³/mol. The van der Waals surface area contributed by atoms with Crippen LogP contribution in [-0.4, -0.2) is 30.5 Å². The number of hydrogen-bond donors (Lipinski definition) is 1. The van der Waals surface area contributed by atoms with Crippen molar-refractivity contribution in [3.63, 3.8) is 0 Å². The Morgan fingerprint density at radius 3 is 2.71 bits per heavy atom. The molecule has 1 heterocycles. The van der Waals surface area contributed by atoms with Gasteiger partial charge in [0.25, 0.3) is 5.91 Å². The first-order valence-electron chi connectivity index (χ1n) is 7.27. The molecule has 2 aromatic carbocycles. The Kier molecular flexibility index (Phi) is 3.55. The molecule has 110 valence electrons. The van der Waals surface area contributed by atoms with Gasteiger partial charge in [-0.3, -0.25) is 4.79 Å². The molecular formula is C17H20N2O2. The van der Waals surface area contributed by atoms with Crippen molar-refractivity contribution >= 4 is 16.7 Å². The van der Waals surface area contributed by atoms with Crippen LogP contribution in [0.3, 0.4) is 0 Å². The molecule has 21 heavy (non-hydrogen) atoms. The number of carbonyl (C=O) groups excluding carboxylic acids is 1. The molecule has 0 aliphatic carbocycles. The van der Waals surface area contributed by atoms with E-state index in [-0.39, 0.29) is 11.9 Å². The molecule has 0 saturated carbocycles. The van der Waals surface area contributed by atoms with Crippen LogP contribution in [0.15, 0.2) is 36.4 Å². The standard InChI is InChI=1S/C17H20N2O2/c1-11(18)13-8-7-12-5-3-4-6-14(12)16(13)21-15-9-10-19(2)17(15)20/h3-8,11,15H,9-10,18H2,1-2H3/t11-,15?/m1/s1. The maximum Gasteiger partial charge on any atom is 0.263 e. The fourth-order valence-electron chi connectivity index (χ4n) is 2.79. The number of likely N-dealkylation sites (N-methyl/N-ethyl adjacent to an activating group) is 1. The van der Waals surface area contributed by atoms with Gasteiger partial charge < -0.3 is 15.4 Å². The second-order valence-electron chi connectivity index (χ2n) is 5.65. The lowest BCUT2D eigenvalue weighted by Crippen LogP contribution is -2.30. The predicted octanol–water partition coefficient (Wildman–Crippen LogP) is 2.47. The Hall–Kier alpha value is -2.07. The van der Waals surface area contributed by atoms with E-state index < -0.39 is 6.10 Å². The number of amides is 1. The normalized spacial score (nSPS) is 20.0. The van der Waals surface area contributed by atoms with Gasteiger partial charge in [0.15, 0.2) is 6.10 Å². The van der Waals surface area contributed by atoms with Gasteiger partial charge in [0.1, 0.15) is 5.75 Å². The highest BCUT2D eigenvalue weighted by molar-refractivity contribution is 5.90. The van der Waals surface area contributed by atoms with Gasteiger partial charge in [-0.05, 0) is 12.3 Å². The summed E-state index contributed by atoms with van der Waals surface area (Å²) in [7, 11) is 1.81. The highest BCUT2D eigenvalue weighted by Crippen LogP contribution is 2.34. The number of benzene rings is 2. The van der Waals surface area contributed by atoms with Crippen molar-refractivity contribution in [2.24, 2.45) is 5.73 Å². The third kappa shape index (κ3) is 2.47. The first-order valence-corrected chi connectivity index (χ1v) is 7.27. The second kappa shape index (κ2) is 5.37. The summed E-state index contributed by atoms with van der Waals surface area (Å²) in [5.41, 5.74) is 7.01. The summed E-state index contributed by atoms with van der Waals surface area (Å²) in [6.07, 6.45) is 0.315. The topological polar surface area (TPSA) is 55.6 Å². The van der Waals surface area contributed by atoms with Gasteiger partial charge in [0, 0.05) is 37.0 Å². The van der Waals surface area contributed by atoms with E-state index in [1.165, 1.54) is 0 Å².